The summed E-state index contributed by atoms with van der Waals surface area (Å²) in [5.74, 6) is -0.149. The van der Waals surface area contributed by atoms with Crippen molar-refractivity contribution in [2.45, 2.75) is 6.04 Å². The molecular formula is C17H20Cl2FN3O2. The molecule has 1 aliphatic rings. The van der Waals surface area contributed by atoms with Crippen LogP contribution in [0.15, 0.2) is 48.8 Å². The van der Waals surface area contributed by atoms with Crippen LogP contribution in [-0.2, 0) is 0 Å². The molecule has 0 saturated carbocycles. The molecule has 0 spiro atoms. The van der Waals surface area contributed by atoms with Gasteiger partial charge in [0.1, 0.15) is 18.2 Å². The predicted octanol–water partition coefficient (Wildman–Crippen LogP) is 2.56. The minimum atomic E-state index is -0.497. The van der Waals surface area contributed by atoms with Crippen LogP contribution < -0.4 is 10.1 Å². The van der Waals surface area contributed by atoms with E-state index >= 15 is 0 Å². The number of hydrogen-bond acceptors (Lipinski definition) is 4. The maximum absolute atomic E-state index is 13.9. The quantitative estimate of drug-likeness (QED) is 0.875. The maximum atomic E-state index is 13.9. The van der Waals surface area contributed by atoms with Crippen molar-refractivity contribution >= 4 is 30.7 Å². The Kier molecular flexibility index (Phi) is 8.61. The van der Waals surface area contributed by atoms with Crippen LogP contribution in [0, 0.1) is 5.82 Å². The summed E-state index contributed by atoms with van der Waals surface area (Å²) >= 11 is 0. The normalized spacial score (nSPS) is 16.4. The van der Waals surface area contributed by atoms with Gasteiger partial charge in [-0.2, -0.15) is 0 Å². The van der Waals surface area contributed by atoms with Gasteiger partial charge in [0, 0.05) is 25.8 Å². The number of carbonyl (C=O) groups is 1. The highest BCUT2D eigenvalue weighted by atomic mass is 35.5. The largest absolute Gasteiger partial charge is 0.490 e. The second-order valence-corrected chi connectivity index (χ2v) is 5.34. The van der Waals surface area contributed by atoms with Crippen LogP contribution in [-0.4, -0.2) is 48.1 Å². The number of nitrogens with zero attached hydrogens (tertiary/aromatic N) is 2. The molecule has 1 N–H and O–H groups in total. The predicted molar refractivity (Wildman–Crippen MR) is 98.3 cm³/mol. The molecule has 0 radical (unpaired) electrons. The molecule has 5 nitrogen and oxygen atoms in total. The standard InChI is InChI=1S/C17H18FN3O2.2ClH/c18-16-6-2-1-5-15(16)17(22)21-9-8-20-10-13(21)12-23-14-4-3-7-19-11-14;;/h1-7,11,13,20H,8-10,12H2;2*1H. The fraction of sp³-hybridized carbons (Fsp3) is 0.294. The van der Waals surface area contributed by atoms with Gasteiger partial charge >= 0.3 is 0 Å². The van der Waals surface area contributed by atoms with Gasteiger partial charge in [-0.1, -0.05) is 12.1 Å². The highest BCUT2D eigenvalue weighted by Crippen LogP contribution is 2.15. The summed E-state index contributed by atoms with van der Waals surface area (Å²) < 4.78 is 19.6. The fourth-order valence-electron chi connectivity index (χ4n) is 2.59. The van der Waals surface area contributed by atoms with Crippen LogP contribution in [0.1, 0.15) is 10.4 Å². The van der Waals surface area contributed by atoms with Crippen LogP contribution in [0.5, 0.6) is 5.75 Å². The van der Waals surface area contributed by atoms with Crippen LogP contribution in [0.4, 0.5) is 4.39 Å². The highest BCUT2D eigenvalue weighted by Gasteiger charge is 2.29. The second-order valence-electron chi connectivity index (χ2n) is 5.34. The molecule has 1 fully saturated rings. The fourth-order valence-corrected chi connectivity index (χ4v) is 2.59. The molecule has 1 unspecified atom stereocenters. The number of rotatable bonds is 4. The Morgan fingerprint density at radius 1 is 1.28 bits per heavy atom. The van der Waals surface area contributed by atoms with Gasteiger partial charge in [-0.3, -0.25) is 9.78 Å². The molecule has 0 bridgehead atoms. The molecule has 8 heteroatoms. The van der Waals surface area contributed by atoms with Crippen LogP contribution >= 0.6 is 24.8 Å². The number of aromatic nitrogens is 1. The van der Waals surface area contributed by atoms with Gasteiger partial charge in [0.15, 0.2) is 0 Å². The van der Waals surface area contributed by atoms with Crippen LogP contribution in [0.3, 0.4) is 0 Å². The van der Waals surface area contributed by atoms with Gasteiger partial charge in [0.05, 0.1) is 17.8 Å². The molecule has 1 amide bonds. The van der Waals surface area contributed by atoms with E-state index in [-0.39, 0.29) is 42.3 Å². The maximum Gasteiger partial charge on any atom is 0.257 e. The third kappa shape index (κ3) is 5.29. The van der Waals surface area contributed by atoms with E-state index in [1.54, 1.807) is 35.5 Å². The van der Waals surface area contributed by atoms with Crippen molar-refractivity contribution in [3.63, 3.8) is 0 Å². The lowest BCUT2D eigenvalue weighted by molar-refractivity contribution is 0.0554. The third-order valence-electron chi connectivity index (χ3n) is 3.79. The van der Waals surface area contributed by atoms with E-state index in [4.69, 9.17) is 4.74 Å². The van der Waals surface area contributed by atoms with Crippen molar-refractivity contribution in [1.29, 1.82) is 0 Å². The summed E-state index contributed by atoms with van der Waals surface area (Å²) in [6.07, 6.45) is 3.29. The number of nitrogens with one attached hydrogen (secondary N) is 1. The van der Waals surface area contributed by atoms with E-state index in [0.29, 0.717) is 32.0 Å². The number of pyridine rings is 1. The second kappa shape index (κ2) is 10.2. The molecular weight excluding hydrogens is 368 g/mol. The Balaban J connectivity index is 0.00000156. The van der Waals surface area contributed by atoms with Gasteiger partial charge < -0.3 is 15.0 Å². The van der Waals surface area contributed by atoms with Gasteiger partial charge in [0.25, 0.3) is 5.91 Å². The van der Waals surface area contributed by atoms with E-state index in [1.807, 2.05) is 6.07 Å². The van der Waals surface area contributed by atoms with Crippen molar-refractivity contribution in [3.05, 3.63) is 60.2 Å². The van der Waals surface area contributed by atoms with E-state index in [9.17, 15) is 9.18 Å². The zero-order valence-corrected chi connectivity index (χ0v) is 15.1. The molecule has 1 aromatic carbocycles. The summed E-state index contributed by atoms with van der Waals surface area (Å²) in [5.41, 5.74) is 0.0979. The summed E-state index contributed by atoms with van der Waals surface area (Å²) in [5, 5.41) is 3.24. The van der Waals surface area contributed by atoms with Crippen molar-refractivity contribution in [2.75, 3.05) is 26.2 Å². The van der Waals surface area contributed by atoms with Crippen LogP contribution in [0.2, 0.25) is 0 Å². The number of benzene rings is 1. The molecule has 136 valence electrons. The Morgan fingerprint density at radius 3 is 2.80 bits per heavy atom. The minimum absolute atomic E-state index is 0. The molecule has 25 heavy (non-hydrogen) atoms. The van der Waals surface area contributed by atoms with Gasteiger partial charge in [0.2, 0.25) is 0 Å². The van der Waals surface area contributed by atoms with Crippen molar-refractivity contribution < 1.29 is 13.9 Å². The third-order valence-corrected chi connectivity index (χ3v) is 3.79. The zero-order chi connectivity index (χ0) is 16.1. The van der Waals surface area contributed by atoms with Gasteiger partial charge in [-0.05, 0) is 24.3 Å². The molecule has 2 heterocycles. The van der Waals surface area contributed by atoms with E-state index < -0.39 is 5.82 Å². The minimum Gasteiger partial charge on any atom is -0.490 e. The lowest BCUT2D eigenvalue weighted by Crippen LogP contribution is -2.56. The zero-order valence-electron chi connectivity index (χ0n) is 13.4. The van der Waals surface area contributed by atoms with Gasteiger partial charge in [-0.25, -0.2) is 4.39 Å². The number of halogens is 3. The highest BCUT2D eigenvalue weighted by molar-refractivity contribution is 5.94. The molecule has 1 aliphatic heterocycles. The van der Waals surface area contributed by atoms with Crippen LogP contribution in [0.25, 0.3) is 0 Å². The number of amides is 1. The van der Waals surface area contributed by atoms with E-state index in [0.717, 1.165) is 0 Å². The smallest absolute Gasteiger partial charge is 0.257 e. The van der Waals surface area contributed by atoms with E-state index in [2.05, 4.69) is 10.3 Å². The number of carbonyl (C=O) groups excluding carboxylic acids is 1. The average Bonchev–Trinajstić information content (AvgIpc) is 2.61. The molecule has 2 aromatic rings. The summed E-state index contributed by atoms with van der Waals surface area (Å²) in [7, 11) is 0. The number of piperazine rings is 1. The SMILES string of the molecule is Cl.Cl.O=C(c1ccccc1F)N1CCNCC1COc1cccnc1. The summed E-state index contributed by atoms with van der Waals surface area (Å²) in [6.45, 7) is 2.15. The monoisotopic (exact) mass is 387 g/mol. The topological polar surface area (TPSA) is 54.5 Å². The first kappa shape index (κ1) is 21.2. The lowest BCUT2D eigenvalue weighted by atomic mass is 10.1. The molecule has 0 aliphatic carbocycles. The summed E-state index contributed by atoms with van der Waals surface area (Å²) in [6, 6.07) is 9.50. The van der Waals surface area contributed by atoms with Gasteiger partial charge in [-0.15, -0.1) is 24.8 Å². The first-order valence-electron chi connectivity index (χ1n) is 7.55. The molecule has 1 aromatic heterocycles. The first-order chi connectivity index (χ1) is 11.3. The van der Waals surface area contributed by atoms with Crippen molar-refractivity contribution in [1.82, 2.24) is 15.2 Å². The van der Waals surface area contributed by atoms with Crippen molar-refractivity contribution in [3.8, 4) is 5.75 Å². The first-order valence-corrected chi connectivity index (χ1v) is 7.55. The number of ether oxygens (including phenoxy) is 1. The van der Waals surface area contributed by atoms with E-state index in [1.165, 1.54) is 12.1 Å². The Bertz CT molecular complexity index is 676. The number of hydrogen-bond donors (Lipinski definition) is 1. The molecule has 1 saturated heterocycles. The Hall–Kier alpha value is -1.89. The Morgan fingerprint density at radius 2 is 2.08 bits per heavy atom. The molecule has 3 rings (SSSR count). The lowest BCUT2D eigenvalue weighted by Gasteiger charge is -2.36. The van der Waals surface area contributed by atoms with Crippen molar-refractivity contribution in [2.24, 2.45) is 0 Å². The Labute approximate surface area is 158 Å². The molecule has 1 atom stereocenters. The average molecular weight is 388 g/mol. The summed E-state index contributed by atoms with van der Waals surface area (Å²) in [4.78, 5) is 18.3.